The lowest BCUT2D eigenvalue weighted by Gasteiger charge is -2.15. The summed E-state index contributed by atoms with van der Waals surface area (Å²) in [5.74, 6) is 0.970. The molecular formula is C20H19ClN2O3S. The molecule has 0 bridgehead atoms. The number of carbonyl (C=O) groups is 1. The van der Waals surface area contributed by atoms with Gasteiger partial charge in [-0.25, -0.2) is 0 Å². The Morgan fingerprint density at radius 2 is 1.93 bits per heavy atom. The number of para-hydroxylation sites is 1. The zero-order valence-electron chi connectivity index (χ0n) is 15.2. The number of nitrogens with zero attached hydrogens (tertiary/aromatic N) is 1. The lowest BCUT2D eigenvalue weighted by Crippen LogP contribution is -2.30. The third-order valence-electron chi connectivity index (χ3n) is 3.83. The molecular weight excluding hydrogens is 384 g/mol. The van der Waals surface area contributed by atoms with E-state index in [4.69, 9.17) is 33.3 Å². The predicted molar refractivity (Wildman–Crippen MR) is 111 cm³/mol. The Bertz CT molecular complexity index is 927. The van der Waals surface area contributed by atoms with E-state index in [-0.39, 0.29) is 17.1 Å². The molecule has 1 aliphatic heterocycles. The summed E-state index contributed by atoms with van der Waals surface area (Å²) < 4.78 is 11.1. The number of amides is 1. The Kier molecular flexibility index (Phi) is 5.68. The predicted octanol–water partition coefficient (Wildman–Crippen LogP) is 4.40. The van der Waals surface area contributed by atoms with Crippen molar-refractivity contribution in [1.82, 2.24) is 5.32 Å². The van der Waals surface area contributed by atoms with Crippen molar-refractivity contribution < 1.29 is 14.3 Å². The van der Waals surface area contributed by atoms with E-state index in [1.54, 1.807) is 43.5 Å². The summed E-state index contributed by atoms with van der Waals surface area (Å²) in [6, 6.07) is 12.5. The van der Waals surface area contributed by atoms with Crippen molar-refractivity contribution in [2.24, 2.45) is 0 Å². The maximum atomic E-state index is 12.8. The number of methoxy groups -OCH3 is 1. The zero-order valence-corrected chi connectivity index (χ0v) is 16.7. The van der Waals surface area contributed by atoms with Crippen molar-refractivity contribution in [2.45, 2.75) is 20.0 Å². The van der Waals surface area contributed by atoms with E-state index >= 15 is 0 Å². The number of rotatable bonds is 5. The number of thiocarbonyl (C=S) groups is 1. The smallest absolute Gasteiger partial charge is 0.281 e. The number of hydrogen-bond acceptors (Lipinski definition) is 4. The molecule has 0 atom stereocenters. The Hall–Kier alpha value is -2.57. The quantitative estimate of drug-likeness (QED) is 0.593. The fourth-order valence-electron chi connectivity index (χ4n) is 2.68. The van der Waals surface area contributed by atoms with Crippen LogP contribution in [0, 0.1) is 0 Å². The van der Waals surface area contributed by atoms with Crippen molar-refractivity contribution >= 4 is 46.6 Å². The van der Waals surface area contributed by atoms with E-state index in [0.717, 1.165) is 5.56 Å². The van der Waals surface area contributed by atoms with Gasteiger partial charge in [-0.15, -0.1) is 0 Å². The highest BCUT2D eigenvalue weighted by atomic mass is 35.5. The molecule has 1 N–H and O–H groups in total. The summed E-state index contributed by atoms with van der Waals surface area (Å²) >= 11 is 11.5. The van der Waals surface area contributed by atoms with Crippen molar-refractivity contribution in [3.05, 3.63) is 58.7 Å². The molecule has 2 aromatic rings. The molecule has 27 heavy (non-hydrogen) atoms. The SMILES string of the molecule is COc1cc(/C=C2\NC(=S)N(c3ccccc3Cl)C2=O)ccc1OC(C)C. The summed E-state index contributed by atoms with van der Waals surface area (Å²) in [6.07, 6.45) is 1.75. The van der Waals surface area contributed by atoms with E-state index in [1.165, 1.54) is 4.90 Å². The van der Waals surface area contributed by atoms with Crippen molar-refractivity contribution in [1.29, 1.82) is 0 Å². The van der Waals surface area contributed by atoms with Crippen LogP contribution in [0.2, 0.25) is 5.02 Å². The summed E-state index contributed by atoms with van der Waals surface area (Å²) in [5.41, 5.74) is 1.69. The lowest BCUT2D eigenvalue weighted by molar-refractivity contribution is -0.113. The first-order valence-corrected chi connectivity index (χ1v) is 9.15. The highest BCUT2D eigenvalue weighted by Crippen LogP contribution is 2.32. The first-order chi connectivity index (χ1) is 12.9. The molecule has 3 rings (SSSR count). The Morgan fingerprint density at radius 1 is 1.19 bits per heavy atom. The highest BCUT2D eigenvalue weighted by Gasteiger charge is 2.33. The first kappa shape index (κ1) is 19.2. The number of anilines is 1. The molecule has 7 heteroatoms. The van der Waals surface area contributed by atoms with Crippen LogP contribution >= 0.6 is 23.8 Å². The van der Waals surface area contributed by atoms with Crippen molar-refractivity contribution in [3.8, 4) is 11.5 Å². The Balaban J connectivity index is 1.91. The molecule has 140 valence electrons. The molecule has 1 fully saturated rings. The second-order valence-electron chi connectivity index (χ2n) is 6.16. The van der Waals surface area contributed by atoms with Gasteiger partial charge in [0.1, 0.15) is 5.70 Å². The minimum atomic E-state index is -0.269. The standard InChI is InChI=1S/C20H19ClN2O3S/c1-12(2)26-17-9-8-13(11-18(17)25-3)10-15-19(24)23(20(27)22-15)16-7-5-4-6-14(16)21/h4-12H,1-3H3,(H,22,27)/b15-10-. The van der Waals surface area contributed by atoms with Crippen LogP contribution in [0.25, 0.3) is 6.08 Å². The van der Waals surface area contributed by atoms with Crippen LogP contribution in [0.4, 0.5) is 5.69 Å². The van der Waals surface area contributed by atoms with Crippen LogP contribution in [0.1, 0.15) is 19.4 Å². The fraction of sp³-hybridized carbons (Fsp3) is 0.200. The minimum Gasteiger partial charge on any atom is -0.493 e. The monoisotopic (exact) mass is 402 g/mol. The molecule has 0 unspecified atom stereocenters. The molecule has 0 spiro atoms. The van der Waals surface area contributed by atoms with Crippen LogP contribution in [0.3, 0.4) is 0 Å². The van der Waals surface area contributed by atoms with Crippen LogP contribution in [-0.4, -0.2) is 24.2 Å². The summed E-state index contributed by atoms with van der Waals surface area (Å²) in [7, 11) is 1.58. The van der Waals surface area contributed by atoms with Gasteiger partial charge in [0.2, 0.25) is 0 Å². The maximum Gasteiger partial charge on any atom is 0.281 e. The van der Waals surface area contributed by atoms with Crippen molar-refractivity contribution in [3.63, 3.8) is 0 Å². The van der Waals surface area contributed by atoms with Gasteiger partial charge in [-0.05, 0) is 62.0 Å². The van der Waals surface area contributed by atoms with Crippen LogP contribution in [-0.2, 0) is 4.79 Å². The highest BCUT2D eigenvalue weighted by molar-refractivity contribution is 7.80. The summed E-state index contributed by atoms with van der Waals surface area (Å²) in [6.45, 7) is 3.89. The van der Waals surface area contributed by atoms with Gasteiger partial charge < -0.3 is 14.8 Å². The van der Waals surface area contributed by atoms with Gasteiger partial charge >= 0.3 is 0 Å². The number of halogens is 1. The number of carbonyl (C=O) groups excluding carboxylic acids is 1. The molecule has 0 aliphatic carbocycles. The van der Waals surface area contributed by atoms with Gasteiger partial charge in [0.15, 0.2) is 16.6 Å². The molecule has 1 saturated heterocycles. The molecule has 0 aromatic heterocycles. The van der Waals surface area contributed by atoms with Gasteiger partial charge in [0.25, 0.3) is 5.91 Å². The largest absolute Gasteiger partial charge is 0.493 e. The molecule has 1 heterocycles. The molecule has 2 aromatic carbocycles. The molecule has 0 radical (unpaired) electrons. The fourth-order valence-corrected chi connectivity index (χ4v) is 3.19. The van der Waals surface area contributed by atoms with Crippen molar-refractivity contribution in [2.75, 3.05) is 12.0 Å². The number of hydrogen-bond donors (Lipinski definition) is 1. The molecule has 5 nitrogen and oxygen atoms in total. The first-order valence-electron chi connectivity index (χ1n) is 8.37. The topological polar surface area (TPSA) is 50.8 Å². The van der Waals surface area contributed by atoms with E-state index in [2.05, 4.69) is 5.32 Å². The van der Waals surface area contributed by atoms with Crippen LogP contribution < -0.4 is 19.7 Å². The second-order valence-corrected chi connectivity index (χ2v) is 6.95. The van der Waals surface area contributed by atoms with E-state index < -0.39 is 0 Å². The Morgan fingerprint density at radius 3 is 2.59 bits per heavy atom. The average Bonchev–Trinajstić information content (AvgIpc) is 2.90. The number of benzene rings is 2. The summed E-state index contributed by atoms with van der Waals surface area (Å²) in [4.78, 5) is 14.2. The van der Waals surface area contributed by atoms with E-state index in [0.29, 0.717) is 27.9 Å². The third-order valence-corrected chi connectivity index (χ3v) is 4.44. The third kappa shape index (κ3) is 4.07. The van der Waals surface area contributed by atoms with E-state index in [1.807, 2.05) is 26.0 Å². The van der Waals surface area contributed by atoms with Gasteiger partial charge in [-0.2, -0.15) is 0 Å². The summed E-state index contributed by atoms with van der Waals surface area (Å²) in [5, 5.41) is 3.69. The Labute approximate surface area is 168 Å². The van der Waals surface area contributed by atoms with Gasteiger partial charge in [-0.1, -0.05) is 29.8 Å². The average molecular weight is 403 g/mol. The van der Waals surface area contributed by atoms with E-state index in [9.17, 15) is 4.79 Å². The minimum absolute atomic E-state index is 0.0303. The normalized spacial score (nSPS) is 15.4. The second kappa shape index (κ2) is 7.98. The van der Waals surface area contributed by atoms with Crippen LogP contribution in [0.15, 0.2) is 48.2 Å². The number of nitrogens with one attached hydrogen (secondary N) is 1. The molecule has 0 saturated carbocycles. The maximum absolute atomic E-state index is 12.8. The lowest BCUT2D eigenvalue weighted by atomic mass is 10.1. The van der Waals surface area contributed by atoms with Gasteiger partial charge in [-0.3, -0.25) is 9.69 Å². The van der Waals surface area contributed by atoms with Gasteiger partial charge in [0.05, 0.1) is 23.9 Å². The number of ether oxygens (including phenoxy) is 2. The zero-order chi connectivity index (χ0) is 19.6. The van der Waals surface area contributed by atoms with Gasteiger partial charge in [0, 0.05) is 0 Å². The molecule has 1 aliphatic rings. The molecule has 1 amide bonds. The van der Waals surface area contributed by atoms with Crippen LogP contribution in [0.5, 0.6) is 11.5 Å².